The van der Waals surface area contributed by atoms with Crippen LogP contribution in [0.15, 0.2) is 29.2 Å². The molecule has 1 unspecified atom stereocenters. The molecule has 23 heavy (non-hydrogen) atoms. The highest BCUT2D eigenvalue weighted by Gasteiger charge is 2.25. The topological polar surface area (TPSA) is 72.4 Å². The second-order valence-electron chi connectivity index (χ2n) is 5.89. The smallest absolute Gasteiger partial charge is 0.243 e. The Morgan fingerprint density at radius 2 is 2.17 bits per heavy atom. The number of para-hydroxylation sites is 1. The molecule has 2 aromatic rings. The number of nitrogens with one attached hydrogen (secondary N) is 2. The van der Waals surface area contributed by atoms with E-state index in [1.54, 1.807) is 0 Å². The van der Waals surface area contributed by atoms with Crippen molar-refractivity contribution < 1.29 is 13.2 Å². The number of ether oxygens (including phenoxy) is 1. The molecule has 0 spiro atoms. The predicted molar refractivity (Wildman–Crippen MR) is 90.1 cm³/mol. The van der Waals surface area contributed by atoms with Crippen LogP contribution in [0, 0.1) is 6.92 Å². The first-order chi connectivity index (χ1) is 11.0. The highest BCUT2D eigenvalue weighted by Crippen LogP contribution is 2.28. The van der Waals surface area contributed by atoms with Crippen LogP contribution < -0.4 is 10.0 Å². The fourth-order valence-corrected chi connectivity index (χ4v) is 4.54. The summed E-state index contributed by atoms with van der Waals surface area (Å²) in [5, 5.41) is 4.00. The third-order valence-corrected chi connectivity index (χ3v) is 5.93. The van der Waals surface area contributed by atoms with Crippen LogP contribution in [-0.4, -0.2) is 45.3 Å². The second kappa shape index (κ2) is 6.60. The number of hydrogen-bond donors (Lipinski definition) is 2. The van der Waals surface area contributed by atoms with E-state index in [1.807, 2.05) is 42.8 Å². The van der Waals surface area contributed by atoms with Crippen molar-refractivity contribution in [2.75, 3.05) is 26.2 Å². The minimum absolute atomic E-state index is 0.137. The molecule has 0 aliphatic carbocycles. The maximum atomic E-state index is 12.8. The number of sulfonamides is 1. The van der Waals surface area contributed by atoms with E-state index in [-0.39, 0.29) is 12.6 Å². The molecule has 1 atom stereocenters. The quantitative estimate of drug-likeness (QED) is 0.878. The van der Waals surface area contributed by atoms with Gasteiger partial charge in [0.15, 0.2) is 0 Å². The van der Waals surface area contributed by atoms with Crippen molar-refractivity contribution in [2.24, 2.45) is 7.05 Å². The lowest BCUT2D eigenvalue weighted by Gasteiger charge is -2.16. The zero-order valence-corrected chi connectivity index (χ0v) is 14.3. The minimum Gasteiger partial charge on any atom is -0.375 e. The van der Waals surface area contributed by atoms with E-state index < -0.39 is 10.0 Å². The van der Waals surface area contributed by atoms with Crippen LogP contribution in [0.2, 0.25) is 0 Å². The van der Waals surface area contributed by atoms with Crippen molar-refractivity contribution in [1.29, 1.82) is 0 Å². The first-order valence-electron chi connectivity index (χ1n) is 7.86. The summed E-state index contributed by atoms with van der Waals surface area (Å²) >= 11 is 0. The molecule has 1 saturated heterocycles. The SMILES string of the molecule is Cc1c(S(=O)(=O)NCC2CNCCCO2)c2ccccc2n1C. The molecule has 7 heteroatoms. The van der Waals surface area contributed by atoms with E-state index in [0.29, 0.717) is 18.0 Å². The first kappa shape index (κ1) is 16.4. The normalized spacial score (nSPS) is 19.8. The molecule has 1 aliphatic rings. The highest BCUT2D eigenvalue weighted by atomic mass is 32.2. The summed E-state index contributed by atoms with van der Waals surface area (Å²) in [5.74, 6) is 0. The fourth-order valence-electron chi connectivity index (χ4n) is 3.00. The van der Waals surface area contributed by atoms with Gasteiger partial charge >= 0.3 is 0 Å². The number of aromatic nitrogens is 1. The molecule has 2 N–H and O–H groups in total. The van der Waals surface area contributed by atoms with Gasteiger partial charge in [-0.2, -0.15) is 0 Å². The standard InChI is InChI=1S/C16H23N3O3S/c1-12-16(14-6-3-4-7-15(14)19(12)2)23(20,21)18-11-13-10-17-8-5-9-22-13/h3-4,6-7,13,17-18H,5,8-11H2,1-2H3. The van der Waals surface area contributed by atoms with E-state index in [9.17, 15) is 8.42 Å². The van der Waals surface area contributed by atoms with Crippen LogP contribution in [-0.2, 0) is 21.8 Å². The molecule has 0 amide bonds. The van der Waals surface area contributed by atoms with Crippen LogP contribution in [0.1, 0.15) is 12.1 Å². The van der Waals surface area contributed by atoms with Crippen molar-refractivity contribution in [2.45, 2.75) is 24.3 Å². The Balaban J connectivity index is 1.86. The van der Waals surface area contributed by atoms with Gasteiger partial charge in [0.05, 0.1) is 6.10 Å². The Hall–Kier alpha value is -1.41. The maximum absolute atomic E-state index is 12.8. The van der Waals surface area contributed by atoms with Crippen LogP contribution in [0.25, 0.3) is 10.9 Å². The monoisotopic (exact) mass is 337 g/mol. The highest BCUT2D eigenvalue weighted by molar-refractivity contribution is 7.89. The van der Waals surface area contributed by atoms with Gasteiger partial charge in [-0.05, 0) is 26.0 Å². The van der Waals surface area contributed by atoms with E-state index in [1.165, 1.54) is 0 Å². The van der Waals surface area contributed by atoms with Crippen molar-refractivity contribution in [1.82, 2.24) is 14.6 Å². The molecule has 3 rings (SSSR count). The second-order valence-corrected chi connectivity index (χ2v) is 7.60. The van der Waals surface area contributed by atoms with Crippen LogP contribution in [0.3, 0.4) is 0 Å². The van der Waals surface area contributed by atoms with Crippen molar-refractivity contribution in [3.8, 4) is 0 Å². The molecule has 2 heterocycles. The van der Waals surface area contributed by atoms with Gasteiger partial charge in [0, 0.05) is 43.3 Å². The van der Waals surface area contributed by atoms with E-state index in [2.05, 4.69) is 10.0 Å². The Morgan fingerprint density at radius 1 is 1.39 bits per heavy atom. The van der Waals surface area contributed by atoms with Crippen molar-refractivity contribution in [3.05, 3.63) is 30.0 Å². The zero-order valence-electron chi connectivity index (χ0n) is 13.5. The Kier molecular flexibility index (Phi) is 4.72. The molecule has 1 fully saturated rings. The summed E-state index contributed by atoms with van der Waals surface area (Å²) in [6, 6.07) is 7.55. The lowest BCUT2D eigenvalue weighted by atomic mass is 10.2. The summed E-state index contributed by atoms with van der Waals surface area (Å²) in [5.41, 5.74) is 1.65. The zero-order chi connectivity index (χ0) is 16.4. The van der Waals surface area contributed by atoms with Crippen LogP contribution >= 0.6 is 0 Å². The molecule has 1 aromatic heterocycles. The van der Waals surface area contributed by atoms with Gasteiger partial charge in [0.25, 0.3) is 0 Å². The van der Waals surface area contributed by atoms with Crippen molar-refractivity contribution in [3.63, 3.8) is 0 Å². The fraction of sp³-hybridized carbons (Fsp3) is 0.500. The molecule has 0 saturated carbocycles. The van der Waals surface area contributed by atoms with Gasteiger partial charge in [-0.3, -0.25) is 0 Å². The number of nitrogens with zero attached hydrogens (tertiary/aromatic N) is 1. The Labute approximate surface area is 136 Å². The third kappa shape index (κ3) is 3.28. The van der Waals surface area contributed by atoms with Crippen LogP contribution in [0.4, 0.5) is 0 Å². The van der Waals surface area contributed by atoms with Gasteiger partial charge in [0.2, 0.25) is 10.0 Å². The summed E-state index contributed by atoms with van der Waals surface area (Å²) < 4.78 is 35.9. The largest absolute Gasteiger partial charge is 0.375 e. The third-order valence-electron chi connectivity index (χ3n) is 4.33. The summed E-state index contributed by atoms with van der Waals surface area (Å²) in [7, 11) is -1.70. The molecular formula is C16H23N3O3S. The van der Waals surface area contributed by atoms with E-state index >= 15 is 0 Å². The number of hydrogen-bond acceptors (Lipinski definition) is 4. The van der Waals surface area contributed by atoms with E-state index in [4.69, 9.17) is 4.74 Å². The summed E-state index contributed by atoms with van der Waals surface area (Å²) in [4.78, 5) is 0.359. The van der Waals surface area contributed by atoms with Gasteiger partial charge in [-0.1, -0.05) is 18.2 Å². The Morgan fingerprint density at radius 3 is 3.00 bits per heavy atom. The van der Waals surface area contributed by atoms with Crippen LogP contribution in [0.5, 0.6) is 0 Å². The van der Waals surface area contributed by atoms with Gasteiger partial charge < -0.3 is 14.6 Å². The van der Waals surface area contributed by atoms with Gasteiger partial charge in [0.1, 0.15) is 4.90 Å². The molecule has 0 bridgehead atoms. The molecule has 126 valence electrons. The molecule has 1 aromatic carbocycles. The molecule has 0 radical (unpaired) electrons. The molecule has 6 nitrogen and oxygen atoms in total. The molecular weight excluding hydrogens is 314 g/mol. The number of rotatable bonds is 4. The maximum Gasteiger partial charge on any atom is 0.243 e. The number of aryl methyl sites for hydroxylation is 1. The minimum atomic E-state index is -3.59. The number of fused-ring (bicyclic) bond motifs is 1. The average Bonchev–Trinajstić information content (AvgIpc) is 2.72. The van der Waals surface area contributed by atoms with E-state index in [0.717, 1.165) is 29.6 Å². The lowest BCUT2D eigenvalue weighted by molar-refractivity contribution is 0.0707. The average molecular weight is 337 g/mol. The first-order valence-corrected chi connectivity index (χ1v) is 9.35. The summed E-state index contributed by atoms with van der Waals surface area (Å²) in [6.45, 7) is 4.34. The summed E-state index contributed by atoms with van der Waals surface area (Å²) in [6.07, 6.45) is 0.814. The van der Waals surface area contributed by atoms with Gasteiger partial charge in [-0.25, -0.2) is 13.1 Å². The van der Waals surface area contributed by atoms with Gasteiger partial charge in [-0.15, -0.1) is 0 Å². The predicted octanol–water partition coefficient (Wildman–Crippen LogP) is 1.14. The van der Waals surface area contributed by atoms with Crippen molar-refractivity contribution >= 4 is 20.9 Å². The number of benzene rings is 1. The lowest BCUT2D eigenvalue weighted by Crippen LogP contribution is -2.38. The molecule has 1 aliphatic heterocycles. The Bertz CT molecular complexity index is 790.